The number of hydrogen-bond acceptors (Lipinski definition) is 8. The van der Waals surface area contributed by atoms with Crippen LogP contribution in [-0.4, -0.2) is 83.5 Å². The van der Waals surface area contributed by atoms with Crippen molar-refractivity contribution >= 4 is 33.6 Å². The number of para-hydroxylation sites is 1. The van der Waals surface area contributed by atoms with Crippen molar-refractivity contribution in [3.05, 3.63) is 67.0 Å². The molecule has 0 bridgehead atoms. The Morgan fingerprint density at radius 1 is 1.07 bits per heavy atom. The molecular weight excluding hydrogens is 567 g/mol. The van der Waals surface area contributed by atoms with Crippen molar-refractivity contribution in [3.63, 3.8) is 0 Å². The molecule has 5 heterocycles. The molecule has 0 aliphatic carbocycles. The zero-order valence-corrected chi connectivity index (χ0v) is 22.6. The lowest BCUT2D eigenvalue weighted by Gasteiger charge is -2.29. The van der Waals surface area contributed by atoms with Crippen LogP contribution in [0.3, 0.4) is 0 Å². The SMILES string of the molecule is Cc1nc2c(-c3ncn[nH]3)cc(N3CCOCC3)cc2n1-c1cc(-c2cn[nH]c2)nc2ccccc12.O=C(O)C(F)(F)F. The van der Waals surface area contributed by atoms with Gasteiger partial charge < -0.3 is 14.7 Å². The van der Waals surface area contributed by atoms with Gasteiger partial charge in [-0.3, -0.25) is 14.8 Å². The number of morpholine rings is 1. The number of H-pyrrole nitrogens is 2. The van der Waals surface area contributed by atoms with E-state index < -0.39 is 12.1 Å². The molecule has 0 radical (unpaired) electrons. The Bertz CT molecular complexity index is 1900. The molecule has 1 aliphatic rings. The number of hydrogen-bond donors (Lipinski definition) is 3. The largest absolute Gasteiger partial charge is 0.490 e. The number of halogens is 3. The minimum atomic E-state index is -5.08. The third-order valence-electron chi connectivity index (χ3n) is 6.93. The van der Waals surface area contributed by atoms with Crippen LogP contribution in [0.5, 0.6) is 0 Å². The maximum atomic E-state index is 10.6. The number of carboxylic acid groups (broad SMARTS) is 1. The maximum absolute atomic E-state index is 10.6. The summed E-state index contributed by atoms with van der Waals surface area (Å²) in [4.78, 5) is 25.6. The average Bonchev–Trinajstić information content (AvgIpc) is 3.78. The van der Waals surface area contributed by atoms with Crippen molar-refractivity contribution in [2.45, 2.75) is 13.1 Å². The lowest BCUT2D eigenvalue weighted by atomic mass is 10.1. The molecule has 0 saturated carbocycles. The molecule has 4 aromatic heterocycles. The van der Waals surface area contributed by atoms with Crippen LogP contribution in [-0.2, 0) is 9.53 Å². The summed E-state index contributed by atoms with van der Waals surface area (Å²) in [6.07, 6.45) is 0.0938. The first-order valence-electron chi connectivity index (χ1n) is 13.1. The Kier molecular flexibility index (Phi) is 7.23. The smallest absolute Gasteiger partial charge is 0.475 e. The second-order valence-corrected chi connectivity index (χ2v) is 9.62. The van der Waals surface area contributed by atoms with Gasteiger partial charge in [0, 0.05) is 41.5 Å². The highest BCUT2D eigenvalue weighted by Crippen LogP contribution is 2.36. The van der Waals surface area contributed by atoms with Crippen LogP contribution < -0.4 is 4.90 Å². The zero-order valence-electron chi connectivity index (χ0n) is 22.6. The van der Waals surface area contributed by atoms with Gasteiger partial charge in [0.05, 0.1) is 41.8 Å². The lowest BCUT2D eigenvalue weighted by Crippen LogP contribution is -2.36. The van der Waals surface area contributed by atoms with Crippen molar-refractivity contribution < 1.29 is 27.8 Å². The number of carbonyl (C=O) groups is 1. The van der Waals surface area contributed by atoms with Gasteiger partial charge in [0.1, 0.15) is 17.7 Å². The first kappa shape index (κ1) is 27.8. The Labute approximate surface area is 241 Å². The number of carboxylic acids is 1. The number of rotatable bonds is 4. The molecule has 43 heavy (non-hydrogen) atoms. The van der Waals surface area contributed by atoms with Gasteiger partial charge >= 0.3 is 12.1 Å². The second kappa shape index (κ2) is 11.2. The number of anilines is 1. The summed E-state index contributed by atoms with van der Waals surface area (Å²) in [5.74, 6) is -1.19. The summed E-state index contributed by atoms with van der Waals surface area (Å²) in [5.41, 5.74) is 7.59. The normalized spacial score (nSPS) is 13.7. The average molecular weight is 592 g/mol. The van der Waals surface area contributed by atoms with Crippen molar-refractivity contribution in [2.24, 2.45) is 0 Å². The van der Waals surface area contributed by atoms with E-state index in [-0.39, 0.29) is 0 Å². The van der Waals surface area contributed by atoms with E-state index in [1.807, 2.05) is 31.3 Å². The van der Waals surface area contributed by atoms with Gasteiger partial charge in [0.15, 0.2) is 5.82 Å². The molecular formula is C28H24F3N9O3. The minimum absolute atomic E-state index is 0.693. The van der Waals surface area contributed by atoms with Gasteiger partial charge in [0.2, 0.25) is 0 Å². The first-order valence-corrected chi connectivity index (χ1v) is 13.1. The molecule has 7 rings (SSSR count). The Morgan fingerprint density at radius 2 is 1.84 bits per heavy atom. The number of imidazole rings is 1. The Hall–Kier alpha value is -5.31. The third-order valence-corrected chi connectivity index (χ3v) is 6.93. The molecule has 3 N–H and O–H groups in total. The molecule has 12 nitrogen and oxygen atoms in total. The lowest BCUT2D eigenvalue weighted by molar-refractivity contribution is -0.192. The summed E-state index contributed by atoms with van der Waals surface area (Å²) in [6, 6.07) is 14.7. The van der Waals surface area contributed by atoms with Crippen LogP contribution >= 0.6 is 0 Å². The van der Waals surface area contributed by atoms with Gasteiger partial charge in [-0.15, -0.1) is 0 Å². The zero-order chi connectivity index (χ0) is 30.1. The maximum Gasteiger partial charge on any atom is 0.490 e. The molecule has 0 atom stereocenters. The molecule has 1 fully saturated rings. The van der Waals surface area contributed by atoms with E-state index >= 15 is 0 Å². The number of fused-ring (bicyclic) bond motifs is 2. The number of pyridine rings is 1. The predicted octanol–water partition coefficient (Wildman–Crippen LogP) is 4.53. The number of aromatic nitrogens is 8. The van der Waals surface area contributed by atoms with E-state index in [0.717, 1.165) is 69.0 Å². The minimum Gasteiger partial charge on any atom is -0.475 e. The Balaban J connectivity index is 0.000000423. The fraction of sp³-hybridized carbons (Fsp3) is 0.214. The number of nitrogens with zero attached hydrogens (tertiary/aromatic N) is 7. The van der Waals surface area contributed by atoms with Crippen LogP contribution in [0.4, 0.5) is 18.9 Å². The number of benzene rings is 2. The Morgan fingerprint density at radius 3 is 2.51 bits per heavy atom. The van der Waals surface area contributed by atoms with Crippen molar-refractivity contribution in [1.29, 1.82) is 0 Å². The van der Waals surface area contributed by atoms with Crippen molar-refractivity contribution in [1.82, 2.24) is 39.9 Å². The van der Waals surface area contributed by atoms with Gasteiger partial charge in [0.25, 0.3) is 0 Å². The number of alkyl halides is 3. The van der Waals surface area contributed by atoms with E-state index in [1.54, 1.807) is 6.20 Å². The summed E-state index contributed by atoms with van der Waals surface area (Å²) in [6.45, 7) is 5.11. The van der Waals surface area contributed by atoms with Gasteiger partial charge in [-0.1, -0.05) is 18.2 Å². The summed E-state index contributed by atoms with van der Waals surface area (Å²) < 4.78 is 39.6. The van der Waals surface area contributed by atoms with Gasteiger partial charge in [-0.25, -0.2) is 19.7 Å². The molecule has 6 aromatic rings. The highest BCUT2D eigenvalue weighted by atomic mass is 19.4. The molecule has 1 saturated heterocycles. The predicted molar refractivity (Wildman–Crippen MR) is 151 cm³/mol. The van der Waals surface area contributed by atoms with Gasteiger partial charge in [-0.05, 0) is 31.2 Å². The number of ether oxygens (including phenoxy) is 1. The van der Waals surface area contributed by atoms with Crippen molar-refractivity contribution in [2.75, 3.05) is 31.2 Å². The molecule has 220 valence electrons. The second-order valence-electron chi connectivity index (χ2n) is 9.62. The van der Waals surface area contributed by atoms with Crippen LogP contribution in [0.25, 0.3) is 50.3 Å². The van der Waals surface area contributed by atoms with E-state index in [4.69, 9.17) is 24.6 Å². The number of aliphatic carboxylic acids is 1. The molecule has 0 unspecified atom stereocenters. The standard InChI is InChI=1S/C26H23N9O.C2HF3O2/c1-16-31-25-20(26-27-15-30-33-26)10-18(34-6-8-36-9-7-34)11-24(25)35(16)23-12-22(17-13-28-29-14-17)32-21-5-3-2-4-19(21)23;3-2(4,5)1(6)7/h2-5,10-15H,6-9H2,1H3,(H,28,29)(H,27,30,33);(H,6,7). The topological polar surface area (TPSA) is 151 Å². The van der Waals surface area contributed by atoms with E-state index in [9.17, 15) is 13.2 Å². The number of nitrogens with one attached hydrogen (secondary N) is 2. The van der Waals surface area contributed by atoms with E-state index in [1.165, 1.54) is 6.33 Å². The number of aryl methyl sites for hydroxylation is 1. The summed E-state index contributed by atoms with van der Waals surface area (Å²) >= 11 is 0. The molecule has 15 heteroatoms. The van der Waals surface area contributed by atoms with Crippen LogP contribution in [0.15, 0.2) is 61.2 Å². The fourth-order valence-electron chi connectivity index (χ4n) is 4.98. The van der Waals surface area contributed by atoms with Crippen LogP contribution in [0.1, 0.15) is 5.82 Å². The summed E-state index contributed by atoms with van der Waals surface area (Å²) in [5, 5.41) is 22.3. The van der Waals surface area contributed by atoms with Crippen LogP contribution in [0.2, 0.25) is 0 Å². The van der Waals surface area contributed by atoms with Crippen LogP contribution in [0, 0.1) is 6.92 Å². The third kappa shape index (κ3) is 5.49. The fourth-order valence-corrected chi connectivity index (χ4v) is 4.98. The number of aromatic amines is 2. The van der Waals surface area contributed by atoms with E-state index in [2.05, 4.69) is 59.1 Å². The molecule has 2 aromatic carbocycles. The van der Waals surface area contributed by atoms with Crippen molar-refractivity contribution in [3.8, 4) is 28.3 Å². The highest BCUT2D eigenvalue weighted by molar-refractivity contribution is 5.98. The molecule has 0 spiro atoms. The first-order chi connectivity index (χ1) is 20.7. The molecule has 1 aliphatic heterocycles. The quantitative estimate of drug-likeness (QED) is 0.269. The van der Waals surface area contributed by atoms with E-state index in [0.29, 0.717) is 19.0 Å². The van der Waals surface area contributed by atoms with Gasteiger partial charge in [-0.2, -0.15) is 23.4 Å². The molecule has 0 amide bonds. The monoisotopic (exact) mass is 591 g/mol. The summed E-state index contributed by atoms with van der Waals surface area (Å²) in [7, 11) is 0. The highest BCUT2D eigenvalue weighted by Gasteiger charge is 2.38.